The van der Waals surface area contributed by atoms with Gasteiger partial charge in [-0.3, -0.25) is 4.90 Å². The fourth-order valence-electron chi connectivity index (χ4n) is 4.05. The highest BCUT2D eigenvalue weighted by molar-refractivity contribution is 8.23. The van der Waals surface area contributed by atoms with E-state index >= 15 is 0 Å². The Bertz CT molecular complexity index is 1200. The maximum absolute atomic E-state index is 14.8. The van der Waals surface area contributed by atoms with Crippen LogP contribution in [0.15, 0.2) is 47.4 Å². The molecule has 3 N–H and O–H groups in total. The molecule has 0 saturated carbocycles. The number of carbonyl (C=O) groups is 1. The number of ether oxygens (including phenoxy) is 2. The van der Waals surface area contributed by atoms with Crippen molar-refractivity contribution in [1.29, 1.82) is 0 Å². The summed E-state index contributed by atoms with van der Waals surface area (Å²) in [6.45, 7) is 2.82. The van der Waals surface area contributed by atoms with E-state index in [9.17, 15) is 28.1 Å². The van der Waals surface area contributed by atoms with Crippen molar-refractivity contribution < 1.29 is 37.6 Å². The maximum Gasteiger partial charge on any atom is 0.564 e. The van der Waals surface area contributed by atoms with Crippen molar-refractivity contribution in [3.8, 4) is 0 Å². The number of carbonyl (C=O) groups excluding carboxylic acids is 1. The lowest BCUT2D eigenvalue weighted by Gasteiger charge is -2.29. The Kier molecular flexibility index (Phi) is 10.00. The predicted molar refractivity (Wildman–Crippen MR) is 147 cm³/mol. The van der Waals surface area contributed by atoms with E-state index in [2.05, 4.69) is 5.32 Å². The maximum atomic E-state index is 14.8. The smallest absolute Gasteiger partial charge is 0.442 e. The molecule has 15 heteroatoms. The van der Waals surface area contributed by atoms with Gasteiger partial charge in [-0.05, 0) is 45.0 Å². The summed E-state index contributed by atoms with van der Waals surface area (Å²) in [5, 5.41) is 1.85. The van der Waals surface area contributed by atoms with Crippen molar-refractivity contribution >= 4 is 61.8 Å². The van der Waals surface area contributed by atoms with E-state index in [-0.39, 0.29) is 19.5 Å². The number of amides is 1. The number of thioether (sulfide) groups is 1. The van der Waals surface area contributed by atoms with Crippen LogP contribution in [0.25, 0.3) is 0 Å². The summed E-state index contributed by atoms with van der Waals surface area (Å²) in [4.78, 5) is 35.0. The first-order chi connectivity index (χ1) is 18.2. The Morgan fingerprint density at radius 1 is 1.16 bits per heavy atom. The van der Waals surface area contributed by atoms with Crippen LogP contribution in [0.3, 0.4) is 0 Å². The molecule has 2 aromatic rings. The highest BCUT2D eigenvalue weighted by Crippen LogP contribution is 2.41. The Morgan fingerprint density at radius 3 is 2.47 bits per heavy atom. The quantitative estimate of drug-likeness (QED) is 0.219. The minimum absolute atomic E-state index is 0.00837. The number of nitrogens with one attached hydrogen (secondary N) is 1. The summed E-state index contributed by atoms with van der Waals surface area (Å²) in [5.74, 6) is -0.409. The van der Waals surface area contributed by atoms with Gasteiger partial charge in [0.15, 0.2) is 0 Å². The largest absolute Gasteiger partial charge is 0.564 e. The molecule has 202 valence electrons. The number of hydrogen-bond donors (Lipinski definition) is 3. The van der Waals surface area contributed by atoms with E-state index in [1.807, 2.05) is 4.90 Å². The number of morpholine rings is 1. The van der Waals surface area contributed by atoms with Crippen LogP contribution in [-0.2, 0) is 25.0 Å². The topological polar surface area (TPSA) is 129 Å². The zero-order chi connectivity index (χ0) is 27.2. The summed E-state index contributed by atoms with van der Waals surface area (Å²) < 4.78 is 48.5. The SMILES string of the molecule is O=C1O[C@@H](CNC(=S)Sc2ccc(CC([P+](=O)O)[P+](=O)O)cc2)CN1c1ccc(N2CCOCC2)c(F)c1. The monoisotopic (exact) mass is 601 g/mol. The number of anilines is 2. The molecule has 0 radical (unpaired) electrons. The summed E-state index contributed by atoms with van der Waals surface area (Å²) in [6.07, 6.45) is -1.03. The molecule has 1 amide bonds. The van der Waals surface area contributed by atoms with Crippen LogP contribution >= 0.6 is 40.0 Å². The van der Waals surface area contributed by atoms with Gasteiger partial charge in [0.1, 0.15) is 16.2 Å². The van der Waals surface area contributed by atoms with Crippen LogP contribution in [0.2, 0.25) is 0 Å². The van der Waals surface area contributed by atoms with Gasteiger partial charge in [-0.25, -0.2) is 9.18 Å². The molecular weight excluding hydrogens is 575 g/mol. The van der Waals surface area contributed by atoms with Gasteiger partial charge in [0.25, 0.3) is 0 Å². The minimum atomic E-state index is -2.77. The van der Waals surface area contributed by atoms with Gasteiger partial charge in [0.2, 0.25) is 0 Å². The van der Waals surface area contributed by atoms with Gasteiger partial charge >= 0.3 is 27.5 Å². The van der Waals surface area contributed by atoms with Gasteiger partial charge in [-0.1, -0.05) is 36.1 Å². The Hall–Kier alpha value is -2.24. The van der Waals surface area contributed by atoms with Gasteiger partial charge in [-0.15, -0.1) is 0 Å². The van der Waals surface area contributed by atoms with Crippen LogP contribution in [-0.4, -0.2) is 71.1 Å². The molecule has 2 saturated heterocycles. The molecule has 0 bridgehead atoms. The van der Waals surface area contributed by atoms with E-state index in [4.69, 9.17) is 21.7 Å². The summed E-state index contributed by atoms with van der Waals surface area (Å²) in [6, 6.07) is 11.6. The first-order valence-electron chi connectivity index (χ1n) is 11.7. The number of benzene rings is 2. The number of halogens is 1. The third kappa shape index (κ3) is 7.45. The Balaban J connectivity index is 1.26. The zero-order valence-electron chi connectivity index (χ0n) is 20.1. The second-order valence-corrected chi connectivity index (χ2v) is 13.2. The molecule has 2 heterocycles. The number of thiocarbonyl (C=S) groups is 1. The van der Waals surface area contributed by atoms with Crippen LogP contribution in [0, 0.1) is 5.82 Å². The fourth-order valence-corrected chi connectivity index (χ4v) is 6.47. The van der Waals surface area contributed by atoms with Crippen molar-refractivity contribution in [1.82, 2.24) is 5.32 Å². The van der Waals surface area contributed by atoms with Gasteiger partial charge in [0, 0.05) is 18.0 Å². The highest BCUT2D eigenvalue weighted by atomic mass is 32.2. The van der Waals surface area contributed by atoms with Crippen molar-refractivity contribution in [2.45, 2.75) is 22.8 Å². The number of rotatable bonds is 9. The van der Waals surface area contributed by atoms with E-state index in [0.717, 1.165) is 4.90 Å². The average molecular weight is 602 g/mol. The third-order valence-corrected chi connectivity index (χ3v) is 9.81. The second kappa shape index (κ2) is 13.2. The van der Waals surface area contributed by atoms with Crippen LogP contribution in [0.4, 0.5) is 20.6 Å². The van der Waals surface area contributed by atoms with Crippen LogP contribution in [0.5, 0.6) is 0 Å². The van der Waals surface area contributed by atoms with E-state index < -0.39 is 39.5 Å². The lowest BCUT2D eigenvalue weighted by Crippen LogP contribution is -2.36. The molecule has 4 rings (SSSR count). The molecule has 38 heavy (non-hydrogen) atoms. The van der Waals surface area contributed by atoms with Crippen molar-refractivity contribution in [3.63, 3.8) is 0 Å². The van der Waals surface area contributed by atoms with Crippen LogP contribution < -0.4 is 15.1 Å². The summed E-state index contributed by atoms with van der Waals surface area (Å²) in [5.41, 5.74) is 1.55. The molecular formula is C23H26FN3O7P2S2+2. The zero-order valence-corrected chi connectivity index (χ0v) is 23.5. The molecule has 0 aliphatic carbocycles. The molecule has 3 atom stereocenters. The normalized spacial score (nSPS) is 19.1. The Labute approximate surface area is 230 Å². The first kappa shape index (κ1) is 28.8. The van der Waals surface area contributed by atoms with Crippen LogP contribution in [0.1, 0.15) is 5.56 Å². The summed E-state index contributed by atoms with van der Waals surface area (Å²) in [7, 11) is -5.54. The standard InChI is InChI=1S/C23H24FN3O7P2S2/c24-19-12-16(3-6-20(19)26-7-9-33-10-8-26)27-14-17(34-23(27)28)13-25-22(37)38-18-4-1-15(2-5-18)11-21(35(29)30)36(31)32/h1-6,12,17,21H,7-11,13-14H2,(H-2,25,29,30,31,32,37)/p+2/t17-/m0/s1. The predicted octanol–water partition coefficient (Wildman–Crippen LogP) is 3.99. The van der Waals surface area contributed by atoms with Crippen molar-refractivity contribution in [3.05, 3.63) is 53.8 Å². The van der Waals surface area contributed by atoms with E-state index in [1.165, 1.54) is 22.7 Å². The lowest BCUT2D eigenvalue weighted by molar-refractivity contribution is 0.122. The summed E-state index contributed by atoms with van der Waals surface area (Å²) >= 11 is 6.65. The van der Waals surface area contributed by atoms with Gasteiger partial charge in [0.05, 0.1) is 44.1 Å². The molecule has 2 aliphatic heterocycles. The van der Waals surface area contributed by atoms with Gasteiger partial charge < -0.3 is 19.7 Å². The van der Waals surface area contributed by atoms with E-state index in [1.54, 1.807) is 36.4 Å². The second-order valence-electron chi connectivity index (χ2n) is 8.56. The lowest BCUT2D eigenvalue weighted by atomic mass is 10.2. The fraction of sp³-hybridized carbons (Fsp3) is 0.391. The van der Waals surface area contributed by atoms with E-state index in [0.29, 0.717) is 47.6 Å². The van der Waals surface area contributed by atoms with Crippen molar-refractivity contribution in [2.24, 2.45) is 0 Å². The first-order valence-corrected chi connectivity index (χ1v) is 15.5. The number of cyclic esters (lactones) is 1. The average Bonchev–Trinajstić information content (AvgIpc) is 3.27. The van der Waals surface area contributed by atoms with Gasteiger partial charge in [-0.2, -0.15) is 9.79 Å². The molecule has 2 unspecified atom stereocenters. The molecule has 0 spiro atoms. The Morgan fingerprint density at radius 2 is 1.84 bits per heavy atom. The number of nitrogens with zero attached hydrogens (tertiary/aromatic N) is 2. The molecule has 10 nitrogen and oxygen atoms in total. The molecule has 2 aliphatic rings. The van der Waals surface area contributed by atoms with Crippen molar-refractivity contribution in [2.75, 3.05) is 49.2 Å². The third-order valence-electron chi connectivity index (χ3n) is 6.00. The number of hydrogen-bond acceptors (Lipinski definition) is 8. The molecule has 2 fully saturated rings. The highest BCUT2D eigenvalue weighted by Gasteiger charge is 2.47. The molecule has 0 aromatic heterocycles. The molecule has 2 aromatic carbocycles. The minimum Gasteiger partial charge on any atom is -0.442 e.